The van der Waals surface area contributed by atoms with E-state index in [0.717, 1.165) is 36.9 Å². The number of carbonyl (C=O) groups is 1. The maximum absolute atomic E-state index is 12.4. The maximum Gasteiger partial charge on any atom is 0.257 e. The molecule has 0 radical (unpaired) electrons. The highest BCUT2D eigenvalue weighted by Gasteiger charge is 2.24. The summed E-state index contributed by atoms with van der Waals surface area (Å²) in [5.41, 5.74) is 1.41. The van der Waals surface area contributed by atoms with Crippen molar-refractivity contribution in [3.05, 3.63) is 36.1 Å². The van der Waals surface area contributed by atoms with Crippen molar-refractivity contribution in [2.24, 2.45) is 0 Å². The van der Waals surface area contributed by atoms with Crippen LogP contribution in [0.5, 0.6) is 0 Å². The molecular formula is C14H14ClNO2. The summed E-state index contributed by atoms with van der Waals surface area (Å²) < 4.78 is 5.41. The van der Waals surface area contributed by atoms with E-state index in [-0.39, 0.29) is 11.3 Å². The second-order valence-electron chi connectivity index (χ2n) is 4.61. The topological polar surface area (TPSA) is 33.5 Å². The lowest BCUT2D eigenvalue weighted by atomic mass is 10.1. The van der Waals surface area contributed by atoms with Crippen LogP contribution in [0, 0.1) is 0 Å². The third-order valence-corrected chi connectivity index (χ3v) is 3.86. The quantitative estimate of drug-likeness (QED) is 0.740. The molecule has 4 heteroatoms. The number of piperidine rings is 1. The number of para-hydroxylation sites is 1. The van der Waals surface area contributed by atoms with Crippen molar-refractivity contribution in [3.63, 3.8) is 0 Å². The number of alkyl halides is 1. The Balaban J connectivity index is 1.88. The molecule has 0 N–H and O–H groups in total. The molecule has 3 nitrogen and oxygen atoms in total. The first kappa shape index (κ1) is 11.6. The number of likely N-dealkylation sites (tertiary alicyclic amines) is 1. The summed E-state index contributed by atoms with van der Waals surface area (Å²) in [4.78, 5) is 14.3. The van der Waals surface area contributed by atoms with Crippen molar-refractivity contribution < 1.29 is 9.21 Å². The normalized spacial score (nSPS) is 17.3. The summed E-state index contributed by atoms with van der Waals surface area (Å²) in [6.07, 6.45) is 3.28. The van der Waals surface area contributed by atoms with E-state index in [1.165, 1.54) is 0 Å². The average Bonchev–Trinajstić information content (AvgIpc) is 2.82. The van der Waals surface area contributed by atoms with Gasteiger partial charge in [0.15, 0.2) is 0 Å². The van der Waals surface area contributed by atoms with Crippen LogP contribution < -0.4 is 0 Å². The minimum atomic E-state index is 0.0449. The van der Waals surface area contributed by atoms with Crippen LogP contribution in [-0.2, 0) is 0 Å². The molecule has 1 saturated heterocycles. The fourth-order valence-corrected chi connectivity index (χ4v) is 2.56. The van der Waals surface area contributed by atoms with Gasteiger partial charge in [0.2, 0.25) is 0 Å². The van der Waals surface area contributed by atoms with Gasteiger partial charge in [-0.15, -0.1) is 11.6 Å². The van der Waals surface area contributed by atoms with Crippen LogP contribution in [0.4, 0.5) is 0 Å². The molecule has 2 heterocycles. The van der Waals surface area contributed by atoms with Gasteiger partial charge < -0.3 is 9.32 Å². The lowest BCUT2D eigenvalue weighted by Crippen LogP contribution is -2.38. The van der Waals surface area contributed by atoms with Crippen LogP contribution in [0.1, 0.15) is 23.2 Å². The zero-order valence-corrected chi connectivity index (χ0v) is 10.7. The van der Waals surface area contributed by atoms with Crippen LogP contribution in [0.2, 0.25) is 0 Å². The van der Waals surface area contributed by atoms with Crippen LogP contribution in [0.3, 0.4) is 0 Å². The molecule has 3 rings (SSSR count). The number of hydrogen-bond donors (Lipinski definition) is 0. The molecule has 0 bridgehead atoms. The molecule has 94 valence electrons. The zero-order chi connectivity index (χ0) is 12.5. The van der Waals surface area contributed by atoms with E-state index >= 15 is 0 Å². The Labute approximate surface area is 110 Å². The summed E-state index contributed by atoms with van der Waals surface area (Å²) in [6.45, 7) is 1.46. The largest absolute Gasteiger partial charge is 0.463 e. The Hall–Kier alpha value is -1.48. The van der Waals surface area contributed by atoms with Gasteiger partial charge in [0.05, 0.1) is 5.56 Å². The third kappa shape index (κ3) is 1.99. The van der Waals surface area contributed by atoms with Gasteiger partial charge in [-0.05, 0) is 18.9 Å². The van der Waals surface area contributed by atoms with E-state index in [1.807, 2.05) is 29.2 Å². The number of carbonyl (C=O) groups excluding carboxylic acids is 1. The number of amides is 1. The van der Waals surface area contributed by atoms with Crippen LogP contribution in [-0.4, -0.2) is 29.3 Å². The molecule has 1 amide bonds. The smallest absolute Gasteiger partial charge is 0.257 e. The number of furan rings is 1. The minimum absolute atomic E-state index is 0.0449. The third-order valence-electron chi connectivity index (χ3n) is 3.42. The predicted molar refractivity (Wildman–Crippen MR) is 71.0 cm³/mol. The molecule has 18 heavy (non-hydrogen) atoms. The van der Waals surface area contributed by atoms with E-state index in [0.29, 0.717) is 5.56 Å². The number of halogens is 1. The number of benzene rings is 1. The summed E-state index contributed by atoms with van der Waals surface area (Å²) >= 11 is 6.05. The van der Waals surface area contributed by atoms with Gasteiger partial charge in [0.25, 0.3) is 5.91 Å². The molecule has 1 aromatic heterocycles. The van der Waals surface area contributed by atoms with Crippen molar-refractivity contribution in [2.75, 3.05) is 13.1 Å². The van der Waals surface area contributed by atoms with E-state index in [9.17, 15) is 4.79 Å². The molecule has 1 aromatic carbocycles. The van der Waals surface area contributed by atoms with Crippen LogP contribution in [0.25, 0.3) is 11.0 Å². The Morgan fingerprint density at radius 1 is 1.28 bits per heavy atom. The van der Waals surface area contributed by atoms with E-state index in [4.69, 9.17) is 16.0 Å². The van der Waals surface area contributed by atoms with Crippen molar-refractivity contribution in [3.8, 4) is 0 Å². The lowest BCUT2D eigenvalue weighted by Gasteiger charge is -2.29. The molecule has 0 aliphatic carbocycles. The highest BCUT2D eigenvalue weighted by Crippen LogP contribution is 2.24. The van der Waals surface area contributed by atoms with E-state index in [2.05, 4.69) is 0 Å². The summed E-state index contributed by atoms with van der Waals surface area (Å²) in [7, 11) is 0. The van der Waals surface area contributed by atoms with Crippen molar-refractivity contribution >= 4 is 28.5 Å². The number of nitrogens with zero attached hydrogens (tertiary/aromatic N) is 1. The van der Waals surface area contributed by atoms with Crippen LogP contribution >= 0.6 is 11.6 Å². The highest BCUT2D eigenvalue weighted by molar-refractivity contribution is 6.20. The lowest BCUT2D eigenvalue weighted by molar-refractivity contribution is 0.0727. The molecule has 0 unspecified atom stereocenters. The van der Waals surface area contributed by atoms with Crippen molar-refractivity contribution in [1.82, 2.24) is 4.90 Å². The summed E-state index contributed by atoms with van der Waals surface area (Å²) in [6, 6.07) is 7.61. The molecule has 1 aliphatic heterocycles. The van der Waals surface area contributed by atoms with Gasteiger partial charge in [-0.2, -0.15) is 0 Å². The molecule has 1 fully saturated rings. The fraction of sp³-hybridized carbons (Fsp3) is 0.357. The van der Waals surface area contributed by atoms with Gasteiger partial charge >= 0.3 is 0 Å². The molecule has 2 aromatic rings. The Morgan fingerprint density at radius 3 is 2.78 bits per heavy atom. The first-order valence-corrected chi connectivity index (χ1v) is 6.59. The van der Waals surface area contributed by atoms with Gasteiger partial charge in [-0.1, -0.05) is 18.2 Å². The average molecular weight is 264 g/mol. The summed E-state index contributed by atoms with van der Waals surface area (Å²) in [5, 5.41) is 1.09. The minimum Gasteiger partial charge on any atom is -0.463 e. The van der Waals surface area contributed by atoms with E-state index in [1.54, 1.807) is 6.26 Å². The van der Waals surface area contributed by atoms with Gasteiger partial charge in [0, 0.05) is 23.9 Å². The second-order valence-corrected chi connectivity index (χ2v) is 5.23. The fourth-order valence-electron chi connectivity index (χ4n) is 2.36. The number of fused-ring (bicyclic) bond motifs is 1. The molecule has 0 spiro atoms. The molecule has 0 atom stereocenters. The predicted octanol–water partition coefficient (Wildman–Crippen LogP) is 3.28. The van der Waals surface area contributed by atoms with Crippen molar-refractivity contribution in [2.45, 2.75) is 18.2 Å². The van der Waals surface area contributed by atoms with Crippen LogP contribution in [0.15, 0.2) is 34.9 Å². The second kappa shape index (κ2) is 4.65. The zero-order valence-electron chi connectivity index (χ0n) is 9.93. The Kier molecular flexibility index (Phi) is 3.00. The number of rotatable bonds is 1. The molecular weight excluding hydrogens is 250 g/mol. The first-order chi connectivity index (χ1) is 8.75. The Morgan fingerprint density at radius 2 is 2.00 bits per heavy atom. The van der Waals surface area contributed by atoms with Gasteiger partial charge in [-0.25, -0.2) is 0 Å². The summed E-state index contributed by atoms with van der Waals surface area (Å²) in [5.74, 6) is 0.0449. The monoisotopic (exact) mass is 263 g/mol. The highest BCUT2D eigenvalue weighted by atomic mass is 35.5. The van der Waals surface area contributed by atoms with E-state index < -0.39 is 0 Å². The molecule has 0 saturated carbocycles. The SMILES string of the molecule is O=C(c1coc2ccccc12)N1CCC(Cl)CC1. The first-order valence-electron chi connectivity index (χ1n) is 6.15. The Bertz CT molecular complexity index is 570. The molecule has 1 aliphatic rings. The maximum atomic E-state index is 12.4. The van der Waals surface area contributed by atoms with Gasteiger partial charge in [0.1, 0.15) is 11.8 Å². The van der Waals surface area contributed by atoms with Gasteiger partial charge in [-0.3, -0.25) is 4.79 Å². The standard InChI is InChI=1S/C14H14ClNO2/c15-10-5-7-16(8-6-10)14(17)12-9-18-13-4-2-1-3-11(12)13/h1-4,9-10H,5-8H2. The number of hydrogen-bond acceptors (Lipinski definition) is 2. The van der Waals surface area contributed by atoms with Crippen molar-refractivity contribution in [1.29, 1.82) is 0 Å².